The Balaban J connectivity index is 1.77. The van der Waals surface area contributed by atoms with Crippen molar-refractivity contribution in [3.05, 3.63) is 83.9 Å². The van der Waals surface area contributed by atoms with Gasteiger partial charge in [-0.15, -0.1) is 0 Å². The van der Waals surface area contributed by atoms with E-state index in [9.17, 15) is 13.2 Å². The van der Waals surface area contributed by atoms with Crippen molar-refractivity contribution in [1.29, 1.82) is 0 Å². The van der Waals surface area contributed by atoms with Gasteiger partial charge < -0.3 is 10.1 Å². The number of aryl methyl sites for hydroxylation is 1. The van der Waals surface area contributed by atoms with Crippen LogP contribution in [0.3, 0.4) is 0 Å². The van der Waals surface area contributed by atoms with Gasteiger partial charge in [-0.1, -0.05) is 30.3 Å². The number of benzene rings is 3. The van der Waals surface area contributed by atoms with E-state index in [-0.39, 0.29) is 10.8 Å². The highest BCUT2D eigenvalue weighted by molar-refractivity contribution is 7.92. The maximum Gasteiger partial charge on any atom is 0.261 e. The first-order valence-electron chi connectivity index (χ1n) is 8.53. The van der Waals surface area contributed by atoms with E-state index in [0.717, 1.165) is 5.56 Å². The van der Waals surface area contributed by atoms with E-state index in [2.05, 4.69) is 10.0 Å². The number of hydrogen-bond acceptors (Lipinski definition) is 4. The lowest BCUT2D eigenvalue weighted by Crippen LogP contribution is -2.14. The third-order valence-corrected chi connectivity index (χ3v) is 5.49. The number of sulfonamides is 1. The van der Waals surface area contributed by atoms with Crippen molar-refractivity contribution in [1.82, 2.24) is 0 Å². The fourth-order valence-electron chi connectivity index (χ4n) is 2.64. The largest absolute Gasteiger partial charge is 0.496 e. The fraction of sp³-hybridized carbons (Fsp3) is 0.0952. The highest BCUT2D eigenvalue weighted by atomic mass is 32.2. The number of rotatable bonds is 6. The van der Waals surface area contributed by atoms with Crippen molar-refractivity contribution < 1.29 is 17.9 Å². The van der Waals surface area contributed by atoms with E-state index < -0.39 is 10.0 Å². The van der Waals surface area contributed by atoms with Crippen molar-refractivity contribution in [2.24, 2.45) is 0 Å². The molecule has 7 heteroatoms. The van der Waals surface area contributed by atoms with Crippen LogP contribution in [-0.2, 0) is 10.0 Å². The maximum absolute atomic E-state index is 12.5. The Bertz CT molecular complexity index is 1100. The van der Waals surface area contributed by atoms with Crippen LogP contribution in [0.5, 0.6) is 5.75 Å². The summed E-state index contributed by atoms with van der Waals surface area (Å²) < 4.78 is 32.7. The molecule has 0 bridgehead atoms. The predicted molar refractivity (Wildman–Crippen MR) is 109 cm³/mol. The van der Waals surface area contributed by atoms with Gasteiger partial charge in [0.15, 0.2) is 0 Å². The molecular weight excluding hydrogens is 376 g/mol. The van der Waals surface area contributed by atoms with Crippen LogP contribution in [0.15, 0.2) is 77.7 Å². The highest BCUT2D eigenvalue weighted by Gasteiger charge is 2.14. The lowest BCUT2D eigenvalue weighted by molar-refractivity contribution is 0.102. The number of ether oxygens (including phenoxy) is 1. The molecule has 1 amide bonds. The number of amides is 1. The molecule has 3 rings (SSSR count). The Morgan fingerprint density at radius 3 is 2.32 bits per heavy atom. The normalized spacial score (nSPS) is 10.9. The molecule has 0 radical (unpaired) electrons. The van der Waals surface area contributed by atoms with Crippen molar-refractivity contribution in [3.8, 4) is 5.75 Å². The van der Waals surface area contributed by atoms with Crippen LogP contribution in [-0.4, -0.2) is 21.4 Å². The van der Waals surface area contributed by atoms with Gasteiger partial charge in [0.2, 0.25) is 0 Å². The highest BCUT2D eigenvalue weighted by Crippen LogP contribution is 2.22. The summed E-state index contributed by atoms with van der Waals surface area (Å²) in [5.41, 5.74) is 2.19. The van der Waals surface area contributed by atoms with Crippen molar-refractivity contribution >= 4 is 27.3 Å². The van der Waals surface area contributed by atoms with Crippen LogP contribution in [0, 0.1) is 6.92 Å². The smallest absolute Gasteiger partial charge is 0.261 e. The number of carbonyl (C=O) groups is 1. The summed E-state index contributed by atoms with van der Waals surface area (Å²) in [6, 6.07) is 19.8. The molecule has 0 atom stereocenters. The van der Waals surface area contributed by atoms with Crippen LogP contribution in [0.1, 0.15) is 15.9 Å². The summed E-state index contributed by atoms with van der Waals surface area (Å²) >= 11 is 0. The van der Waals surface area contributed by atoms with E-state index in [1.807, 2.05) is 6.92 Å². The zero-order valence-corrected chi connectivity index (χ0v) is 16.3. The van der Waals surface area contributed by atoms with E-state index in [1.54, 1.807) is 67.8 Å². The molecule has 0 saturated heterocycles. The standard InChI is InChI=1S/C21H20N2O4S/c1-15-11-12-16(13-20(15)27-2)21(24)22-17-7-6-8-18(14-17)23-28(25,26)19-9-4-3-5-10-19/h3-14,23H,1-2H3,(H,22,24). The Kier molecular flexibility index (Phi) is 5.65. The van der Waals surface area contributed by atoms with Gasteiger partial charge in [-0.3, -0.25) is 9.52 Å². The third-order valence-electron chi connectivity index (χ3n) is 4.10. The van der Waals surface area contributed by atoms with Gasteiger partial charge in [0, 0.05) is 11.3 Å². The van der Waals surface area contributed by atoms with E-state index in [4.69, 9.17) is 4.74 Å². The molecule has 2 N–H and O–H groups in total. The molecule has 0 unspecified atom stereocenters. The second-order valence-electron chi connectivity index (χ2n) is 6.14. The third kappa shape index (κ3) is 4.50. The quantitative estimate of drug-likeness (QED) is 0.658. The summed E-state index contributed by atoms with van der Waals surface area (Å²) in [6.07, 6.45) is 0. The van der Waals surface area contributed by atoms with Crippen LogP contribution in [0.2, 0.25) is 0 Å². The minimum absolute atomic E-state index is 0.163. The molecule has 28 heavy (non-hydrogen) atoms. The Morgan fingerprint density at radius 1 is 0.893 bits per heavy atom. The number of anilines is 2. The van der Waals surface area contributed by atoms with Crippen LogP contribution in [0.4, 0.5) is 11.4 Å². The van der Waals surface area contributed by atoms with Crippen LogP contribution >= 0.6 is 0 Å². The van der Waals surface area contributed by atoms with Crippen LogP contribution in [0.25, 0.3) is 0 Å². The van der Waals surface area contributed by atoms with Gasteiger partial charge in [0.05, 0.1) is 17.7 Å². The second-order valence-corrected chi connectivity index (χ2v) is 7.82. The number of nitrogens with one attached hydrogen (secondary N) is 2. The monoisotopic (exact) mass is 396 g/mol. The number of hydrogen-bond donors (Lipinski definition) is 2. The van der Waals surface area contributed by atoms with Gasteiger partial charge in [-0.25, -0.2) is 8.42 Å². The van der Waals surface area contributed by atoms with E-state index in [1.165, 1.54) is 12.1 Å². The molecule has 0 aromatic heterocycles. The average molecular weight is 396 g/mol. The summed E-state index contributed by atoms with van der Waals surface area (Å²) in [5, 5.41) is 2.77. The Hall–Kier alpha value is -3.32. The molecule has 3 aromatic rings. The summed E-state index contributed by atoms with van der Waals surface area (Å²) in [7, 11) is -2.16. The molecule has 0 saturated carbocycles. The molecule has 3 aromatic carbocycles. The molecule has 0 heterocycles. The minimum atomic E-state index is -3.70. The topological polar surface area (TPSA) is 84.5 Å². The molecular formula is C21H20N2O4S. The molecule has 0 aliphatic rings. The first-order chi connectivity index (χ1) is 13.4. The Morgan fingerprint density at radius 2 is 1.61 bits per heavy atom. The van der Waals surface area contributed by atoms with Gasteiger partial charge >= 0.3 is 0 Å². The summed E-state index contributed by atoms with van der Waals surface area (Å²) in [5.74, 6) is 0.304. The first kappa shape index (κ1) is 19.4. The van der Waals surface area contributed by atoms with Crippen molar-refractivity contribution in [3.63, 3.8) is 0 Å². The van der Waals surface area contributed by atoms with Gasteiger partial charge in [-0.05, 0) is 55.0 Å². The Labute approximate surface area is 164 Å². The molecule has 0 spiro atoms. The molecule has 0 aliphatic heterocycles. The van der Waals surface area contributed by atoms with Crippen molar-refractivity contribution in [2.75, 3.05) is 17.1 Å². The lowest BCUT2D eigenvalue weighted by atomic mass is 10.1. The molecule has 0 aliphatic carbocycles. The second kappa shape index (κ2) is 8.14. The molecule has 6 nitrogen and oxygen atoms in total. The summed E-state index contributed by atoms with van der Waals surface area (Å²) in [4.78, 5) is 12.7. The number of methoxy groups -OCH3 is 1. The fourth-order valence-corrected chi connectivity index (χ4v) is 3.71. The lowest BCUT2D eigenvalue weighted by Gasteiger charge is -2.11. The van der Waals surface area contributed by atoms with Gasteiger partial charge in [0.25, 0.3) is 15.9 Å². The maximum atomic E-state index is 12.5. The van der Waals surface area contributed by atoms with Gasteiger partial charge in [0.1, 0.15) is 5.75 Å². The van der Waals surface area contributed by atoms with E-state index in [0.29, 0.717) is 22.7 Å². The molecule has 144 valence electrons. The SMILES string of the molecule is COc1cc(C(=O)Nc2cccc(NS(=O)(=O)c3ccccc3)c2)ccc1C. The van der Waals surface area contributed by atoms with Gasteiger partial charge in [-0.2, -0.15) is 0 Å². The molecule has 0 fully saturated rings. The minimum Gasteiger partial charge on any atom is -0.496 e. The summed E-state index contributed by atoms with van der Waals surface area (Å²) in [6.45, 7) is 1.89. The van der Waals surface area contributed by atoms with Crippen molar-refractivity contribution in [2.45, 2.75) is 11.8 Å². The van der Waals surface area contributed by atoms with E-state index >= 15 is 0 Å². The zero-order chi connectivity index (χ0) is 20.1. The number of carbonyl (C=O) groups excluding carboxylic acids is 1. The first-order valence-corrected chi connectivity index (χ1v) is 10.0. The zero-order valence-electron chi connectivity index (χ0n) is 15.5. The predicted octanol–water partition coefficient (Wildman–Crippen LogP) is 4.06. The van der Waals surface area contributed by atoms with Crippen LogP contribution < -0.4 is 14.8 Å². The average Bonchev–Trinajstić information content (AvgIpc) is 2.69.